The number of carbonyl (C=O) groups excluding carboxylic acids is 1. The fourth-order valence-electron chi connectivity index (χ4n) is 2.48. The van der Waals surface area contributed by atoms with Gasteiger partial charge in [0.25, 0.3) is 0 Å². The van der Waals surface area contributed by atoms with Gasteiger partial charge < -0.3 is 9.88 Å². The summed E-state index contributed by atoms with van der Waals surface area (Å²) >= 11 is 7.63. The number of benzene rings is 1. The van der Waals surface area contributed by atoms with E-state index < -0.39 is 0 Å². The largest absolute Gasteiger partial charge is 0.325 e. The topological polar surface area (TPSA) is 46.9 Å². The first-order chi connectivity index (χ1) is 11.8. The molecule has 4 nitrogen and oxygen atoms in total. The molecule has 0 aliphatic heterocycles. The van der Waals surface area contributed by atoms with Crippen LogP contribution < -0.4 is 5.32 Å². The number of hydrogen-bond donors (Lipinski definition) is 1. The summed E-state index contributed by atoms with van der Waals surface area (Å²) in [6, 6.07) is 5.53. The van der Waals surface area contributed by atoms with Crippen LogP contribution >= 0.6 is 23.4 Å². The monoisotopic (exact) mass is 379 g/mol. The third-order valence-corrected chi connectivity index (χ3v) is 5.83. The highest BCUT2D eigenvalue weighted by atomic mass is 35.5. The molecule has 0 saturated heterocycles. The minimum absolute atomic E-state index is 0.0456. The summed E-state index contributed by atoms with van der Waals surface area (Å²) in [5, 5.41) is 4.29. The number of hydrogen-bond acceptors (Lipinski definition) is 3. The van der Waals surface area contributed by atoms with E-state index in [4.69, 9.17) is 11.6 Å². The molecule has 0 spiro atoms. The van der Waals surface area contributed by atoms with Crippen LogP contribution in [0.1, 0.15) is 43.6 Å². The fraction of sp³-hybridized carbons (Fsp3) is 0.474. The van der Waals surface area contributed by atoms with E-state index in [9.17, 15) is 4.79 Å². The zero-order valence-corrected chi connectivity index (χ0v) is 17.1. The minimum Gasteiger partial charge on any atom is -0.325 e. The molecule has 0 aliphatic carbocycles. The maximum atomic E-state index is 12.6. The van der Waals surface area contributed by atoms with Crippen molar-refractivity contribution in [3.05, 3.63) is 40.2 Å². The second kappa shape index (κ2) is 8.77. The lowest BCUT2D eigenvalue weighted by molar-refractivity contribution is -0.115. The highest BCUT2D eigenvalue weighted by Crippen LogP contribution is 2.28. The first-order valence-corrected chi connectivity index (χ1v) is 9.87. The van der Waals surface area contributed by atoms with Crippen LogP contribution in [0.2, 0.25) is 5.02 Å². The third kappa shape index (κ3) is 4.79. The van der Waals surface area contributed by atoms with Gasteiger partial charge in [0.15, 0.2) is 5.16 Å². The summed E-state index contributed by atoms with van der Waals surface area (Å²) in [5.41, 5.74) is 3.84. The Balaban J connectivity index is 2.11. The van der Waals surface area contributed by atoms with Crippen molar-refractivity contribution in [2.24, 2.45) is 0 Å². The summed E-state index contributed by atoms with van der Waals surface area (Å²) in [7, 11) is 0. The predicted molar refractivity (Wildman–Crippen MR) is 107 cm³/mol. The molecule has 1 amide bonds. The highest BCUT2D eigenvalue weighted by molar-refractivity contribution is 8.00. The lowest BCUT2D eigenvalue weighted by Crippen LogP contribution is -2.23. The molecule has 6 heteroatoms. The molecule has 1 aromatic heterocycles. The molecule has 0 fully saturated rings. The summed E-state index contributed by atoms with van der Waals surface area (Å²) in [6.45, 7) is 11.0. The molecular weight excluding hydrogens is 354 g/mol. The number of imidazole rings is 1. The average molecular weight is 380 g/mol. The van der Waals surface area contributed by atoms with Gasteiger partial charge in [-0.25, -0.2) is 4.98 Å². The van der Waals surface area contributed by atoms with Crippen LogP contribution in [0, 0.1) is 20.8 Å². The number of carbonyl (C=O) groups is 1. The number of aromatic nitrogens is 2. The van der Waals surface area contributed by atoms with E-state index in [-0.39, 0.29) is 11.2 Å². The lowest BCUT2D eigenvalue weighted by atomic mass is 10.2. The predicted octanol–water partition coefficient (Wildman–Crippen LogP) is 5.38. The molecule has 1 atom stereocenters. The first-order valence-electron chi connectivity index (χ1n) is 8.61. The van der Waals surface area contributed by atoms with Gasteiger partial charge in [-0.1, -0.05) is 42.8 Å². The maximum absolute atomic E-state index is 12.6. The van der Waals surface area contributed by atoms with Crippen molar-refractivity contribution in [3.63, 3.8) is 0 Å². The summed E-state index contributed by atoms with van der Waals surface area (Å²) in [4.78, 5) is 17.2. The number of nitrogens with one attached hydrogen (secondary N) is 1. The van der Waals surface area contributed by atoms with Crippen molar-refractivity contribution in [3.8, 4) is 0 Å². The average Bonchev–Trinajstić information content (AvgIpc) is 2.83. The van der Waals surface area contributed by atoms with Crippen LogP contribution in [0.4, 0.5) is 5.69 Å². The normalized spacial score (nSPS) is 12.2. The van der Waals surface area contributed by atoms with Gasteiger partial charge in [-0.3, -0.25) is 4.79 Å². The van der Waals surface area contributed by atoms with Crippen LogP contribution in [0.3, 0.4) is 0 Å². The van der Waals surface area contributed by atoms with Crippen LogP contribution in [0.15, 0.2) is 23.4 Å². The second-order valence-corrected chi connectivity index (χ2v) is 7.95. The molecule has 1 unspecified atom stereocenters. The molecule has 0 radical (unpaired) electrons. The van der Waals surface area contributed by atoms with Gasteiger partial charge in [0.05, 0.1) is 10.9 Å². The SMILES string of the molecule is CCCCn1c(SC(C)C(=O)Nc2cccc(Cl)c2C)nc(C)c1C. The van der Waals surface area contributed by atoms with E-state index in [0.717, 1.165) is 41.5 Å². The van der Waals surface area contributed by atoms with Gasteiger partial charge in [0.1, 0.15) is 0 Å². The van der Waals surface area contributed by atoms with Crippen LogP contribution in [-0.4, -0.2) is 20.7 Å². The molecule has 0 aliphatic rings. The molecule has 2 aromatic rings. The number of thioether (sulfide) groups is 1. The molecule has 1 N–H and O–H groups in total. The molecule has 2 rings (SSSR count). The number of aryl methyl sites for hydroxylation is 1. The van der Waals surface area contributed by atoms with Crippen molar-refractivity contribution in [2.45, 2.75) is 64.4 Å². The number of anilines is 1. The molecule has 1 aromatic carbocycles. The van der Waals surface area contributed by atoms with Crippen molar-refractivity contribution in [2.75, 3.05) is 5.32 Å². The molecule has 25 heavy (non-hydrogen) atoms. The van der Waals surface area contributed by atoms with E-state index in [1.54, 1.807) is 0 Å². The second-order valence-electron chi connectivity index (χ2n) is 6.23. The zero-order chi connectivity index (χ0) is 18.6. The Hall–Kier alpha value is -1.46. The summed E-state index contributed by atoms with van der Waals surface area (Å²) < 4.78 is 2.22. The van der Waals surface area contributed by atoms with E-state index in [1.807, 2.05) is 39.0 Å². The lowest BCUT2D eigenvalue weighted by Gasteiger charge is -2.15. The van der Waals surface area contributed by atoms with Crippen molar-refractivity contribution in [1.82, 2.24) is 9.55 Å². The first kappa shape index (κ1) is 19.9. The third-order valence-electron chi connectivity index (χ3n) is 4.33. The Morgan fingerprint density at radius 1 is 1.36 bits per heavy atom. The Kier molecular flexibility index (Phi) is 6.96. The van der Waals surface area contributed by atoms with E-state index in [2.05, 4.69) is 28.7 Å². The van der Waals surface area contributed by atoms with Crippen molar-refractivity contribution in [1.29, 1.82) is 0 Å². The van der Waals surface area contributed by atoms with Gasteiger partial charge >= 0.3 is 0 Å². The number of amides is 1. The Bertz CT molecular complexity index is 757. The van der Waals surface area contributed by atoms with E-state index >= 15 is 0 Å². The highest BCUT2D eigenvalue weighted by Gasteiger charge is 2.20. The van der Waals surface area contributed by atoms with Gasteiger partial charge in [-0.15, -0.1) is 0 Å². The fourth-order valence-corrected chi connectivity index (χ4v) is 3.68. The Morgan fingerprint density at radius 3 is 2.76 bits per heavy atom. The Morgan fingerprint density at radius 2 is 2.08 bits per heavy atom. The maximum Gasteiger partial charge on any atom is 0.237 e. The number of rotatable bonds is 7. The van der Waals surface area contributed by atoms with Gasteiger partial charge in [-0.2, -0.15) is 0 Å². The molecular formula is C19H26ClN3OS. The van der Waals surface area contributed by atoms with Crippen LogP contribution in [0.25, 0.3) is 0 Å². The smallest absolute Gasteiger partial charge is 0.237 e. The molecule has 136 valence electrons. The number of halogens is 1. The van der Waals surface area contributed by atoms with E-state index in [0.29, 0.717) is 5.02 Å². The van der Waals surface area contributed by atoms with Crippen molar-refractivity contribution < 1.29 is 4.79 Å². The minimum atomic E-state index is -0.250. The zero-order valence-electron chi connectivity index (χ0n) is 15.5. The molecule has 1 heterocycles. The number of unbranched alkanes of at least 4 members (excludes halogenated alkanes) is 1. The molecule has 0 saturated carbocycles. The van der Waals surface area contributed by atoms with Gasteiger partial charge in [0.2, 0.25) is 5.91 Å². The van der Waals surface area contributed by atoms with Gasteiger partial charge in [-0.05, 0) is 51.8 Å². The quantitative estimate of drug-likeness (QED) is 0.657. The van der Waals surface area contributed by atoms with E-state index in [1.165, 1.54) is 17.5 Å². The van der Waals surface area contributed by atoms with Crippen molar-refractivity contribution >= 4 is 35.0 Å². The van der Waals surface area contributed by atoms with Crippen LogP contribution in [0.5, 0.6) is 0 Å². The van der Waals surface area contributed by atoms with Gasteiger partial charge in [0, 0.05) is 22.9 Å². The Labute approximate surface area is 159 Å². The molecule has 0 bridgehead atoms. The summed E-state index contributed by atoms with van der Waals surface area (Å²) in [6.07, 6.45) is 2.23. The standard InChI is InChI=1S/C19H26ClN3OS/c1-6-7-11-23-14(4)13(3)21-19(23)25-15(5)18(24)22-17-10-8-9-16(20)12(17)2/h8-10,15H,6-7,11H2,1-5H3,(H,22,24). The summed E-state index contributed by atoms with van der Waals surface area (Å²) in [5.74, 6) is -0.0456. The number of nitrogens with zero attached hydrogens (tertiary/aromatic N) is 2. The van der Waals surface area contributed by atoms with Crippen LogP contribution in [-0.2, 0) is 11.3 Å².